The fourth-order valence-electron chi connectivity index (χ4n) is 1.81. The zero-order valence-corrected chi connectivity index (χ0v) is 12.5. The monoisotopic (exact) mass is 299 g/mol. The number of anilines is 1. The molecule has 2 nitrogen and oxygen atoms in total. The van der Waals surface area contributed by atoms with E-state index >= 15 is 0 Å². The fourth-order valence-corrected chi connectivity index (χ4v) is 2.22. The van der Waals surface area contributed by atoms with Crippen LogP contribution >= 0.6 is 15.9 Å². The lowest BCUT2D eigenvalue weighted by atomic mass is 10.1. The maximum absolute atomic E-state index is 5.28. The van der Waals surface area contributed by atoms with Crippen molar-refractivity contribution >= 4 is 21.6 Å². The summed E-state index contributed by atoms with van der Waals surface area (Å²) in [4.78, 5) is 0. The van der Waals surface area contributed by atoms with Gasteiger partial charge >= 0.3 is 0 Å². The number of rotatable bonds is 7. The minimum absolute atomic E-state index is 0.507. The first-order valence-corrected chi connectivity index (χ1v) is 7.06. The fraction of sp³-hybridized carbons (Fsp3) is 0.571. The second-order valence-corrected chi connectivity index (χ2v) is 5.24. The lowest BCUT2D eigenvalue weighted by molar-refractivity contribution is 0.412. The summed E-state index contributed by atoms with van der Waals surface area (Å²) >= 11 is 3.46. The quantitative estimate of drug-likeness (QED) is 0.728. The van der Waals surface area contributed by atoms with Crippen molar-refractivity contribution < 1.29 is 4.74 Å². The van der Waals surface area contributed by atoms with Crippen molar-refractivity contribution in [3.05, 3.63) is 22.7 Å². The molecule has 1 atom stereocenters. The van der Waals surface area contributed by atoms with E-state index in [1.165, 1.54) is 25.7 Å². The zero-order valence-electron chi connectivity index (χ0n) is 10.9. The Morgan fingerprint density at radius 2 is 2.12 bits per heavy atom. The third-order valence-electron chi connectivity index (χ3n) is 2.80. The molecular formula is C14H22BrNO. The van der Waals surface area contributed by atoms with Gasteiger partial charge in [0.1, 0.15) is 5.75 Å². The van der Waals surface area contributed by atoms with Crippen molar-refractivity contribution in [3.63, 3.8) is 0 Å². The summed E-state index contributed by atoms with van der Waals surface area (Å²) in [6.45, 7) is 4.46. The average Bonchev–Trinajstić information content (AvgIpc) is 2.32. The van der Waals surface area contributed by atoms with Crippen LogP contribution in [-0.2, 0) is 0 Å². The number of nitrogens with one attached hydrogen (secondary N) is 1. The average molecular weight is 300 g/mol. The lowest BCUT2D eigenvalue weighted by Crippen LogP contribution is -2.14. The van der Waals surface area contributed by atoms with Crippen LogP contribution in [0.5, 0.6) is 5.75 Å². The number of methoxy groups -OCH3 is 1. The molecule has 0 heterocycles. The van der Waals surface area contributed by atoms with Gasteiger partial charge in [-0.2, -0.15) is 0 Å². The van der Waals surface area contributed by atoms with E-state index in [1.807, 2.05) is 12.1 Å². The van der Waals surface area contributed by atoms with Gasteiger partial charge in [-0.3, -0.25) is 0 Å². The van der Waals surface area contributed by atoms with Crippen LogP contribution in [0.1, 0.15) is 39.5 Å². The van der Waals surface area contributed by atoms with E-state index in [0.717, 1.165) is 15.9 Å². The van der Waals surface area contributed by atoms with Crippen molar-refractivity contribution in [3.8, 4) is 5.75 Å². The van der Waals surface area contributed by atoms with Crippen LogP contribution in [0, 0.1) is 0 Å². The van der Waals surface area contributed by atoms with Crippen molar-refractivity contribution in [2.75, 3.05) is 12.4 Å². The van der Waals surface area contributed by atoms with Crippen molar-refractivity contribution in [1.29, 1.82) is 0 Å². The molecule has 0 radical (unpaired) electrons. The molecule has 3 heteroatoms. The molecule has 1 rings (SSSR count). The molecule has 0 saturated heterocycles. The number of unbranched alkanes of at least 4 members (excludes halogenated alkanes) is 2. The number of benzene rings is 1. The molecule has 1 N–H and O–H groups in total. The molecule has 0 aliphatic rings. The molecule has 0 aliphatic carbocycles. The Balaban J connectivity index is 2.50. The van der Waals surface area contributed by atoms with Gasteiger partial charge in [-0.25, -0.2) is 0 Å². The summed E-state index contributed by atoms with van der Waals surface area (Å²) in [7, 11) is 1.69. The zero-order chi connectivity index (χ0) is 12.7. The van der Waals surface area contributed by atoms with Crippen LogP contribution in [0.3, 0.4) is 0 Å². The maximum Gasteiger partial charge on any atom is 0.135 e. The topological polar surface area (TPSA) is 21.3 Å². The Morgan fingerprint density at radius 3 is 2.76 bits per heavy atom. The molecule has 17 heavy (non-hydrogen) atoms. The second kappa shape index (κ2) is 7.59. The highest BCUT2D eigenvalue weighted by molar-refractivity contribution is 9.10. The highest BCUT2D eigenvalue weighted by Gasteiger charge is 2.05. The third kappa shape index (κ3) is 4.99. The Kier molecular flexibility index (Phi) is 6.41. The van der Waals surface area contributed by atoms with Crippen LogP contribution in [0.2, 0.25) is 0 Å². The van der Waals surface area contributed by atoms with E-state index < -0.39 is 0 Å². The molecule has 96 valence electrons. The Labute approximate surface area is 113 Å². The van der Waals surface area contributed by atoms with Gasteiger partial charge in [0.15, 0.2) is 0 Å². The first kappa shape index (κ1) is 14.4. The largest absolute Gasteiger partial charge is 0.495 e. The molecule has 1 unspecified atom stereocenters. The standard InChI is InChI=1S/C14H22BrNO/c1-4-5-6-7-11(2)16-12-8-9-13(15)14(10-12)17-3/h8-11,16H,4-7H2,1-3H3. The minimum Gasteiger partial charge on any atom is -0.495 e. The number of hydrogen-bond donors (Lipinski definition) is 1. The van der Waals surface area contributed by atoms with Gasteiger partial charge in [0.25, 0.3) is 0 Å². The lowest BCUT2D eigenvalue weighted by Gasteiger charge is -2.16. The molecule has 0 aromatic heterocycles. The molecule has 1 aromatic rings. The van der Waals surface area contributed by atoms with E-state index in [4.69, 9.17) is 4.74 Å². The summed E-state index contributed by atoms with van der Waals surface area (Å²) in [5.74, 6) is 0.871. The Bertz CT molecular complexity index is 341. The number of halogens is 1. The van der Waals surface area contributed by atoms with Crippen molar-refractivity contribution in [2.24, 2.45) is 0 Å². The molecule has 0 bridgehead atoms. The van der Waals surface area contributed by atoms with Crippen LogP contribution in [0.25, 0.3) is 0 Å². The molecule has 0 amide bonds. The van der Waals surface area contributed by atoms with Crippen LogP contribution in [-0.4, -0.2) is 13.2 Å². The first-order chi connectivity index (χ1) is 8.17. The summed E-state index contributed by atoms with van der Waals surface area (Å²) in [6, 6.07) is 6.62. The van der Waals surface area contributed by atoms with Crippen LogP contribution in [0.4, 0.5) is 5.69 Å². The Morgan fingerprint density at radius 1 is 1.35 bits per heavy atom. The smallest absolute Gasteiger partial charge is 0.135 e. The first-order valence-electron chi connectivity index (χ1n) is 6.27. The second-order valence-electron chi connectivity index (χ2n) is 4.39. The van der Waals surface area contributed by atoms with E-state index in [-0.39, 0.29) is 0 Å². The molecule has 0 spiro atoms. The molecule has 0 aliphatic heterocycles. The van der Waals surface area contributed by atoms with E-state index in [9.17, 15) is 0 Å². The van der Waals surface area contributed by atoms with E-state index in [2.05, 4.69) is 41.2 Å². The predicted molar refractivity (Wildman–Crippen MR) is 77.9 cm³/mol. The van der Waals surface area contributed by atoms with Crippen molar-refractivity contribution in [2.45, 2.75) is 45.6 Å². The SMILES string of the molecule is CCCCCC(C)Nc1ccc(Br)c(OC)c1. The number of hydrogen-bond acceptors (Lipinski definition) is 2. The molecular weight excluding hydrogens is 278 g/mol. The van der Waals surface area contributed by atoms with Gasteiger partial charge < -0.3 is 10.1 Å². The summed E-state index contributed by atoms with van der Waals surface area (Å²) < 4.78 is 6.27. The Hall–Kier alpha value is -0.700. The number of ether oxygens (including phenoxy) is 1. The van der Waals surface area contributed by atoms with Gasteiger partial charge in [0, 0.05) is 17.8 Å². The van der Waals surface area contributed by atoms with Crippen molar-refractivity contribution in [1.82, 2.24) is 0 Å². The minimum atomic E-state index is 0.507. The highest BCUT2D eigenvalue weighted by atomic mass is 79.9. The van der Waals surface area contributed by atoms with Gasteiger partial charge in [0.2, 0.25) is 0 Å². The van der Waals surface area contributed by atoms with Gasteiger partial charge in [0.05, 0.1) is 11.6 Å². The van der Waals surface area contributed by atoms with E-state index in [0.29, 0.717) is 6.04 Å². The third-order valence-corrected chi connectivity index (χ3v) is 3.46. The maximum atomic E-state index is 5.28. The van der Waals surface area contributed by atoms with Gasteiger partial charge in [-0.05, 0) is 41.4 Å². The molecule has 1 aromatic carbocycles. The van der Waals surface area contributed by atoms with Gasteiger partial charge in [-0.15, -0.1) is 0 Å². The molecule has 0 fully saturated rings. The van der Waals surface area contributed by atoms with Crippen LogP contribution in [0.15, 0.2) is 22.7 Å². The van der Waals surface area contributed by atoms with Gasteiger partial charge in [-0.1, -0.05) is 26.2 Å². The summed E-state index contributed by atoms with van der Waals surface area (Å²) in [5, 5.41) is 3.50. The summed E-state index contributed by atoms with van der Waals surface area (Å²) in [6.07, 6.45) is 5.10. The van der Waals surface area contributed by atoms with E-state index in [1.54, 1.807) is 7.11 Å². The van der Waals surface area contributed by atoms with Crippen LogP contribution < -0.4 is 10.1 Å². The normalized spacial score (nSPS) is 12.2. The summed E-state index contributed by atoms with van der Waals surface area (Å²) in [5.41, 5.74) is 1.12. The molecule has 0 saturated carbocycles. The predicted octanol–water partition coefficient (Wildman–Crippen LogP) is 4.84. The highest BCUT2D eigenvalue weighted by Crippen LogP contribution is 2.28.